The Balaban J connectivity index is 1.38. The zero-order valence-electron chi connectivity index (χ0n) is 18.4. The number of hydrogen-bond acceptors (Lipinski definition) is 6. The van der Waals surface area contributed by atoms with Crippen molar-refractivity contribution in [1.29, 1.82) is 0 Å². The van der Waals surface area contributed by atoms with Crippen LogP contribution in [0.5, 0.6) is 5.75 Å². The number of ether oxygens (including phenoxy) is 1. The highest BCUT2D eigenvalue weighted by Gasteiger charge is 2.23. The molecule has 6 rings (SSSR count). The number of fused-ring (bicyclic) bond motifs is 3. The lowest BCUT2D eigenvalue weighted by molar-refractivity contribution is 0.414. The zero-order chi connectivity index (χ0) is 22.2. The first-order chi connectivity index (χ1) is 16.3. The molecule has 0 amide bonds. The number of aromatic nitrogens is 4. The van der Waals surface area contributed by atoms with Crippen molar-refractivity contribution in [2.45, 2.75) is 0 Å². The smallest absolute Gasteiger partial charge is 0.186 e. The van der Waals surface area contributed by atoms with Crippen LogP contribution in [0, 0.1) is 0 Å². The Kier molecular flexibility index (Phi) is 4.79. The van der Waals surface area contributed by atoms with Crippen LogP contribution in [-0.4, -0.2) is 53.1 Å². The Morgan fingerprint density at radius 2 is 1.55 bits per heavy atom. The number of benzene rings is 3. The summed E-state index contributed by atoms with van der Waals surface area (Å²) in [6, 6.07) is 26.7. The molecular formula is C26H24N6O. The molecule has 5 aromatic rings. The highest BCUT2D eigenvalue weighted by Crippen LogP contribution is 2.31. The zero-order valence-corrected chi connectivity index (χ0v) is 18.4. The molecule has 0 radical (unpaired) electrons. The van der Waals surface area contributed by atoms with E-state index in [0.29, 0.717) is 0 Å². The van der Waals surface area contributed by atoms with Gasteiger partial charge in [-0.05, 0) is 24.3 Å². The molecule has 33 heavy (non-hydrogen) atoms. The van der Waals surface area contributed by atoms with Crippen molar-refractivity contribution in [1.82, 2.24) is 19.8 Å². The molecule has 1 aliphatic rings. The van der Waals surface area contributed by atoms with E-state index in [1.54, 1.807) is 7.11 Å². The van der Waals surface area contributed by atoms with Crippen molar-refractivity contribution < 1.29 is 4.74 Å². The van der Waals surface area contributed by atoms with Gasteiger partial charge in [0, 0.05) is 48.9 Å². The molecular weight excluding hydrogens is 412 g/mol. The Morgan fingerprint density at radius 3 is 2.36 bits per heavy atom. The van der Waals surface area contributed by atoms with Gasteiger partial charge in [-0.3, -0.25) is 0 Å². The van der Waals surface area contributed by atoms with Crippen molar-refractivity contribution in [2.24, 2.45) is 0 Å². The highest BCUT2D eigenvalue weighted by atomic mass is 16.5. The summed E-state index contributed by atoms with van der Waals surface area (Å²) in [6.07, 6.45) is 0. The lowest BCUT2D eigenvalue weighted by Gasteiger charge is -2.37. The van der Waals surface area contributed by atoms with E-state index in [2.05, 4.69) is 50.4 Å². The van der Waals surface area contributed by atoms with Crippen molar-refractivity contribution in [2.75, 3.05) is 43.1 Å². The first-order valence-corrected chi connectivity index (χ1v) is 11.2. The van der Waals surface area contributed by atoms with E-state index < -0.39 is 0 Å². The van der Waals surface area contributed by atoms with E-state index >= 15 is 0 Å². The maximum absolute atomic E-state index is 5.40. The highest BCUT2D eigenvalue weighted by molar-refractivity contribution is 5.93. The van der Waals surface area contributed by atoms with Crippen molar-refractivity contribution >= 4 is 28.1 Å². The average Bonchev–Trinajstić information content (AvgIpc) is 3.33. The lowest BCUT2D eigenvalue weighted by atomic mass is 10.1. The van der Waals surface area contributed by atoms with Crippen LogP contribution < -0.4 is 14.5 Å². The van der Waals surface area contributed by atoms with Gasteiger partial charge >= 0.3 is 0 Å². The number of nitrogens with zero attached hydrogens (tertiary/aromatic N) is 6. The van der Waals surface area contributed by atoms with Gasteiger partial charge in [0.2, 0.25) is 0 Å². The Hall–Kier alpha value is -4.13. The van der Waals surface area contributed by atoms with Crippen LogP contribution in [0.2, 0.25) is 0 Å². The normalized spacial score (nSPS) is 14.2. The molecule has 0 bridgehead atoms. The van der Waals surface area contributed by atoms with Gasteiger partial charge in [0.25, 0.3) is 0 Å². The molecule has 1 aliphatic heterocycles. The van der Waals surface area contributed by atoms with E-state index in [-0.39, 0.29) is 0 Å². The summed E-state index contributed by atoms with van der Waals surface area (Å²) < 4.78 is 7.26. The average molecular weight is 437 g/mol. The molecule has 0 atom stereocenters. The maximum Gasteiger partial charge on any atom is 0.186 e. The number of piperazine rings is 1. The van der Waals surface area contributed by atoms with E-state index in [1.165, 1.54) is 5.69 Å². The molecule has 0 aliphatic carbocycles. The number of rotatable bonds is 4. The molecule has 2 aromatic heterocycles. The minimum absolute atomic E-state index is 0.783. The van der Waals surface area contributed by atoms with Gasteiger partial charge in [-0.25, -0.2) is 4.98 Å². The number of anilines is 2. The molecule has 1 saturated heterocycles. The summed E-state index contributed by atoms with van der Waals surface area (Å²) in [5.41, 5.74) is 4.81. The quantitative estimate of drug-likeness (QED) is 0.419. The SMILES string of the molecule is COc1cccc(N2CCN(c3nc4c(-c5ccccc5)nnn4c4ccccc34)CC2)c1. The molecule has 1 fully saturated rings. The van der Waals surface area contributed by atoms with E-state index in [0.717, 1.165) is 65.6 Å². The van der Waals surface area contributed by atoms with Gasteiger partial charge < -0.3 is 14.5 Å². The first kappa shape index (κ1) is 19.5. The van der Waals surface area contributed by atoms with Crippen LogP contribution in [0.15, 0.2) is 78.9 Å². The van der Waals surface area contributed by atoms with Crippen molar-refractivity contribution in [3.8, 4) is 17.0 Å². The van der Waals surface area contributed by atoms with Crippen molar-refractivity contribution in [3.63, 3.8) is 0 Å². The number of hydrogen-bond donors (Lipinski definition) is 0. The van der Waals surface area contributed by atoms with Crippen LogP contribution in [-0.2, 0) is 0 Å². The monoisotopic (exact) mass is 436 g/mol. The summed E-state index contributed by atoms with van der Waals surface area (Å²) in [5.74, 6) is 1.87. The van der Waals surface area contributed by atoms with Crippen LogP contribution in [0.25, 0.3) is 27.8 Å². The second-order valence-electron chi connectivity index (χ2n) is 8.17. The summed E-state index contributed by atoms with van der Waals surface area (Å²) in [4.78, 5) is 9.89. The van der Waals surface area contributed by atoms with Crippen LogP contribution in [0.4, 0.5) is 11.5 Å². The second-order valence-corrected chi connectivity index (χ2v) is 8.17. The molecule has 0 spiro atoms. The Morgan fingerprint density at radius 1 is 0.788 bits per heavy atom. The molecule has 0 unspecified atom stereocenters. The summed E-state index contributed by atoms with van der Waals surface area (Å²) >= 11 is 0. The van der Waals surface area contributed by atoms with E-state index in [1.807, 2.05) is 53.0 Å². The standard InChI is InChI=1S/C26H24N6O/c1-33-21-11-7-10-20(18-21)30-14-16-31(17-15-30)25-22-12-5-6-13-23(22)32-26(27-25)24(28-29-32)19-8-3-2-4-9-19/h2-13,18H,14-17H2,1H3. The molecule has 3 heterocycles. The largest absolute Gasteiger partial charge is 0.497 e. The van der Waals surface area contributed by atoms with Gasteiger partial charge in [0.15, 0.2) is 5.65 Å². The van der Waals surface area contributed by atoms with Crippen LogP contribution in [0.3, 0.4) is 0 Å². The lowest BCUT2D eigenvalue weighted by Crippen LogP contribution is -2.47. The predicted octanol–water partition coefficient (Wildman–Crippen LogP) is 4.28. The van der Waals surface area contributed by atoms with Gasteiger partial charge in [-0.2, -0.15) is 4.52 Å². The molecule has 0 N–H and O–H groups in total. The number of para-hydroxylation sites is 1. The maximum atomic E-state index is 5.40. The molecule has 7 heteroatoms. The van der Waals surface area contributed by atoms with Gasteiger partial charge in [0.05, 0.1) is 12.6 Å². The fraction of sp³-hybridized carbons (Fsp3) is 0.192. The second kappa shape index (κ2) is 8.09. The summed E-state index contributed by atoms with van der Waals surface area (Å²) in [5, 5.41) is 10.0. The first-order valence-electron chi connectivity index (χ1n) is 11.2. The van der Waals surface area contributed by atoms with E-state index in [9.17, 15) is 0 Å². The molecule has 3 aromatic carbocycles. The fourth-order valence-electron chi connectivity index (χ4n) is 4.55. The molecule has 164 valence electrons. The van der Waals surface area contributed by atoms with Crippen LogP contribution >= 0.6 is 0 Å². The summed E-state index contributed by atoms with van der Waals surface area (Å²) in [6.45, 7) is 3.59. The van der Waals surface area contributed by atoms with Gasteiger partial charge in [-0.15, -0.1) is 5.10 Å². The fourth-order valence-corrected chi connectivity index (χ4v) is 4.55. The topological polar surface area (TPSA) is 58.8 Å². The summed E-state index contributed by atoms with van der Waals surface area (Å²) in [7, 11) is 1.71. The number of methoxy groups -OCH3 is 1. The third-order valence-electron chi connectivity index (χ3n) is 6.28. The Labute approximate surface area is 191 Å². The molecule has 0 saturated carbocycles. The predicted molar refractivity (Wildman–Crippen MR) is 131 cm³/mol. The van der Waals surface area contributed by atoms with Gasteiger partial charge in [0.1, 0.15) is 17.3 Å². The van der Waals surface area contributed by atoms with Gasteiger partial charge in [-0.1, -0.05) is 53.7 Å². The minimum atomic E-state index is 0.783. The van der Waals surface area contributed by atoms with Crippen molar-refractivity contribution in [3.05, 3.63) is 78.9 Å². The van der Waals surface area contributed by atoms with E-state index in [4.69, 9.17) is 9.72 Å². The Bertz CT molecular complexity index is 1420. The third-order valence-corrected chi connectivity index (χ3v) is 6.28. The molecule has 7 nitrogen and oxygen atoms in total. The third kappa shape index (κ3) is 3.42. The minimum Gasteiger partial charge on any atom is -0.497 e. The van der Waals surface area contributed by atoms with Crippen LogP contribution in [0.1, 0.15) is 0 Å².